The van der Waals surface area contributed by atoms with E-state index in [1.807, 2.05) is 58.0 Å². The van der Waals surface area contributed by atoms with Crippen LogP contribution in [0.3, 0.4) is 0 Å². The summed E-state index contributed by atoms with van der Waals surface area (Å²) in [4.78, 5) is 42.6. The number of ether oxygens (including phenoxy) is 4. The Bertz CT molecular complexity index is 3070. The molecule has 3 aromatic heterocycles. The van der Waals surface area contributed by atoms with Crippen LogP contribution in [0.1, 0.15) is 102 Å². The van der Waals surface area contributed by atoms with Crippen molar-refractivity contribution in [1.29, 1.82) is 0 Å². The standard InChI is InChI=1S/C55H67N7O8S/c1-37-15-20-42(21-16-37)71(65,66)62-30-25-43-45(35-59(6)50(63)48(43)62)38-17-22-46-44(34-38)49(55(69-41-18-19-41,39-12-8-7-9-13-39)36-68-47-14-10-11-33-67-47)57-51(56-46)61-28-23-40(24-29-61)60-31-26-54(5,27-32-60)58-52(64)70-53(2,3)4/h7-9,12-13,15-17,20-22,25,30,34-35,40-41,47H,10-11,14,18-19,23-24,26-29,31-33,36H2,1-6H3,(H,58,64). The van der Waals surface area contributed by atoms with E-state index in [0.29, 0.717) is 35.2 Å². The monoisotopic (exact) mass is 985 g/mol. The zero-order chi connectivity index (χ0) is 49.7. The summed E-state index contributed by atoms with van der Waals surface area (Å²) in [6.07, 6.45) is 10.6. The van der Waals surface area contributed by atoms with Crippen LogP contribution in [0.15, 0.2) is 101 Å². The van der Waals surface area contributed by atoms with Crippen LogP contribution in [-0.2, 0) is 41.6 Å². The molecular formula is C55H67N7O8S. The molecule has 1 N–H and O–H groups in total. The molecule has 16 heteroatoms. The number of amides is 1. The molecule has 376 valence electrons. The van der Waals surface area contributed by atoms with Gasteiger partial charge in [0.15, 0.2) is 11.9 Å². The fourth-order valence-corrected chi connectivity index (χ4v) is 11.8. The van der Waals surface area contributed by atoms with Crippen molar-refractivity contribution < 1.29 is 32.2 Å². The quantitative estimate of drug-likeness (QED) is 0.117. The van der Waals surface area contributed by atoms with E-state index in [4.69, 9.17) is 28.9 Å². The minimum atomic E-state index is -4.11. The summed E-state index contributed by atoms with van der Waals surface area (Å²) in [6, 6.07) is 25.0. The van der Waals surface area contributed by atoms with Crippen LogP contribution in [0.25, 0.3) is 32.9 Å². The number of pyridine rings is 1. The fraction of sp³-hybridized carbons (Fsp3) is 0.491. The van der Waals surface area contributed by atoms with Crippen LogP contribution in [0, 0.1) is 6.92 Å². The number of hydrogen-bond donors (Lipinski definition) is 1. The van der Waals surface area contributed by atoms with Gasteiger partial charge < -0.3 is 38.6 Å². The van der Waals surface area contributed by atoms with Crippen LogP contribution in [0.4, 0.5) is 10.7 Å². The minimum absolute atomic E-state index is 0.0114. The molecule has 6 heterocycles. The summed E-state index contributed by atoms with van der Waals surface area (Å²) in [7, 11) is -2.47. The third-order valence-corrected chi connectivity index (χ3v) is 16.3. The Labute approximate surface area is 416 Å². The Balaban J connectivity index is 1.04. The predicted molar refractivity (Wildman–Crippen MR) is 274 cm³/mol. The Hall–Kier alpha value is -5.65. The lowest BCUT2D eigenvalue weighted by atomic mass is 9.87. The van der Waals surface area contributed by atoms with Crippen LogP contribution >= 0.6 is 0 Å². The molecular weight excluding hydrogens is 919 g/mol. The number of piperidine rings is 2. The molecule has 4 fully saturated rings. The zero-order valence-electron chi connectivity index (χ0n) is 41.9. The molecule has 1 amide bonds. The van der Waals surface area contributed by atoms with Crippen molar-refractivity contribution in [3.8, 4) is 11.1 Å². The number of carbonyl (C=O) groups is 1. The third-order valence-electron chi connectivity index (χ3n) is 14.7. The Kier molecular flexibility index (Phi) is 13.4. The van der Waals surface area contributed by atoms with Gasteiger partial charge in [0.25, 0.3) is 15.6 Å². The number of fused-ring (bicyclic) bond motifs is 2. The number of anilines is 1. The van der Waals surface area contributed by atoms with E-state index in [2.05, 4.69) is 40.2 Å². The topological polar surface area (TPSA) is 159 Å². The van der Waals surface area contributed by atoms with Crippen molar-refractivity contribution in [2.45, 2.75) is 132 Å². The van der Waals surface area contributed by atoms with Gasteiger partial charge in [-0.25, -0.2) is 27.2 Å². The average Bonchev–Trinajstić information content (AvgIpc) is 4.06. The van der Waals surface area contributed by atoms with E-state index < -0.39 is 33.1 Å². The number of aromatic nitrogens is 4. The van der Waals surface area contributed by atoms with Crippen molar-refractivity contribution in [1.82, 2.24) is 28.7 Å². The number of hydrogen-bond acceptors (Lipinski definition) is 12. The predicted octanol–water partition coefficient (Wildman–Crippen LogP) is 8.81. The summed E-state index contributed by atoms with van der Waals surface area (Å²) < 4.78 is 56.7. The molecule has 2 unspecified atom stereocenters. The van der Waals surface area contributed by atoms with Crippen LogP contribution in [0.5, 0.6) is 0 Å². The van der Waals surface area contributed by atoms with Crippen LogP contribution in [0.2, 0.25) is 0 Å². The summed E-state index contributed by atoms with van der Waals surface area (Å²) in [6.45, 7) is 13.7. The molecule has 15 nitrogen and oxygen atoms in total. The van der Waals surface area contributed by atoms with Gasteiger partial charge in [0, 0.05) is 80.1 Å². The summed E-state index contributed by atoms with van der Waals surface area (Å²) >= 11 is 0. The maximum atomic E-state index is 14.2. The number of rotatable bonds is 13. The van der Waals surface area contributed by atoms with Gasteiger partial charge in [0.1, 0.15) is 11.1 Å². The lowest BCUT2D eigenvalue weighted by Crippen LogP contribution is -2.57. The minimum Gasteiger partial charge on any atom is -0.444 e. The Morgan fingerprint density at radius 3 is 2.30 bits per heavy atom. The van der Waals surface area contributed by atoms with E-state index in [0.717, 1.165) is 116 Å². The van der Waals surface area contributed by atoms with E-state index >= 15 is 0 Å². The van der Waals surface area contributed by atoms with Crippen molar-refractivity contribution in [2.75, 3.05) is 44.3 Å². The average molecular weight is 986 g/mol. The van der Waals surface area contributed by atoms with E-state index in [1.165, 1.54) is 10.8 Å². The van der Waals surface area contributed by atoms with E-state index in [-0.39, 0.29) is 34.8 Å². The highest BCUT2D eigenvalue weighted by atomic mass is 32.2. The Morgan fingerprint density at radius 2 is 1.62 bits per heavy atom. The normalized spacial score (nSPS) is 20.3. The highest BCUT2D eigenvalue weighted by Crippen LogP contribution is 2.45. The van der Waals surface area contributed by atoms with E-state index in [9.17, 15) is 18.0 Å². The Morgan fingerprint density at radius 1 is 0.887 bits per heavy atom. The first-order valence-corrected chi connectivity index (χ1v) is 26.7. The smallest absolute Gasteiger partial charge is 0.408 e. The number of alkyl carbamates (subject to hydrolysis) is 1. The van der Waals surface area contributed by atoms with Gasteiger partial charge in [-0.2, -0.15) is 0 Å². The highest BCUT2D eigenvalue weighted by molar-refractivity contribution is 7.90. The number of nitrogens with zero attached hydrogens (tertiary/aromatic N) is 6. The van der Waals surface area contributed by atoms with Gasteiger partial charge in [-0.1, -0.05) is 54.1 Å². The molecule has 3 aromatic carbocycles. The SMILES string of the molecule is Cc1ccc(S(=O)(=O)n2ccc3c(-c4ccc5nc(N6CCC(N7CCC(C)(NC(=O)OC(C)(C)C)CC7)CC6)nc(C(COC6CCCCO6)(OC6CC6)c6ccccc6)c5c4)cn(C)c(=O)c32)cc1. The molecule has 1 saturated carbocycles. The van der Waals surface area contributed by atoms with Crippen molar-refractivity contribution in [3.05, 3.63) is 118 Å². The molecule has 0 bridgehead atoms. The number of carbonyl (C=O) groups excluding carboxylic acids is 1. The van der Waals surface area contributed by atoms with Gasteiger partial charge in [-0.3, -0.25) is 4.79 Å². The molecule has 3 saturated heterocycles. The maximum absolute atomic E-state index is 14.2. The van der Waals surface area contributed by atoms with Crippen molar-refractivity contribution in [2.24, 2.45) is 7.05 Å². The lowest BCUT2D eigenvalue weighted by molar-refractivity contribution is -0.197. The van der Waals surface area contributed by atoms with Crippen LogP contribution in [-0.4, -0.2) is 107 Å². The van der Waals surface area contributed by atoms with Gasteiger partial charge in [-0.05, 0) is 134 Å². The molecule has 71 heavy (non-hydrogen) atoms. The second-order valence-corrected chi connectivity index (χ2v) is 23.1. The number of nitrogens with one attached hydrogen (secondary N) is 1. The molecule has 0 radical (unpaired) electrons. The molecule has 2 atom stereocenters. The van der Waals surface area contributed by atoms with Gasteiger partial charge in [-0.15, -0.1) is 0 Å². The van der Waals surface area contributed by atoms with Gasteiger partial charge >= 0.3 is 6.09 Å². The molecule has 3 aliphatic heterocycles. The lowest BCUT2D eigenvalue weighted by Gasteiger charge is -2.45. The molecule has 10 rings (SSSR count). The van der Waals surface area contributed by atoms with Gasteiger partial charge in [0.05, 0.1) is 28.8 Å². The van der Waals surface area contributed by atoms with Crippen molar-refractivity contribution >= 4 is 43.9 Å². The number of benzene rings is 3. The zero-order valence-corrected chi connectivity index (χ0v) is 42.7. The third kappa shape index (κ3) is 10.2. The largest absolute Gasteiger partial charge is 0.444 e. The summed E-state index contributed by atoms with van der Waals surface area (Å²) in [5.41, 5.74) is 2.23. The second-order valence-electron chi connectivity index (χ2n) is 21.3. The first kappa shape index (κ1) is 49.0. The fourth-order valence-electron chi connectivity index (χ4n) is 10.5. The molecule has 4 aliphatic rings. The second kappa shape index (κ2) is 19.4. The van der Waals surface area contributed by atoms with Crippen molar-refractivity contribution in [3.63, 3.8) is 0 Å². The van der Waals surface area contributed by atoms with Gasteiger partial charge in [0.2, 0.25) is 5.95 Å². The summed E-state index contributed by atoms with van der Waals surface area (Å²) in [5.74, 6) is 0.614. The number of aryl methyl sites for hydroxylation is 2. The molecule has 6 aromatic rings. The van der Waals surface area contributed by atoms with E-state index in [1.54, 1.807) is 43.6 Å². The first-order valence-electron chi connectivity index (χ1n) is 25.3. The maximum Gasteiger partial charge on any atom is 0.408 e. The summed E-state index contributed by atoms with van der Waals surface area (Å²) in [5, 5.41) is 4.41. The highest BCUT2D eigenvalue weighted by Gasteiger charge is 2.46. The first-order chi connectivity index (χ1) is 34.0. The molecule has 0 spiro atoms. The number of likely N-dealkylation sites (tertiary alicyclic amines) is 1. The van der Waals surface area contributed by atoms with Crippen LogP contribution < -0.4 is 15.8 Å². The molecule has 1 aliphatic carbocycles.